The van der Waals surface area contributed by atoms with Crippen molar-refractivity contribution in [1.82, 2.24) is 14.6 Å². The third-order valence-corrected chi connectivity index (χ3v) is 6.63. The SMILES string of the molecule is Cc1cc(Nc2ncnn3ccc(CC4CCC(N)CC4)c23)ccc1OC1=CC(=NC=N)[NH2+]C=C1. The zero-order valence-electron chi connectivity index (χ0n) is 19.8. The lowest BCUT2D eigenvalue weighted by Crippen LogP contribution is -2.82. The Morgan fingerprint density at radius 3 is 2.94 bits per heavy atom. The summed E-state index contributed by atoms with van der Waals surface area (Å²) in [5.41, 5.74) is 10.3. The van der Waals surface area contributed by atoms with Gasteiger partial charge in [0.05, 0.1) is 6.08 Å². The average Bonchev–Trinajstić information content (AvgIpc) is 3.26. The summed E-state index contributed by atoms with van der Waals surface area (Å²) in [7, 11) is 0. The molecule has 1 aliphatic heterocycles. The molecule has 180 valence electrons. The maximum atomic E-state index is 7.15. The predicted octanol–water partition coefficient (Wildman–Crippen LogP) is 3.20. The first kappa shape index (κ1) is 22.9. The van der Waals surface area contributed by atoms with Crippen LogP contribution in [-0.4, -0.2) is 32.8 Å². The number of aliphatic imine (C=N–C) groups is 1. The highest BCUT2D eigenvalue weighted by Crippen LogP contribution is 2.31. The molecule has 3 heterocycles. The Kier molecular flexibility index (Phi) is 6.69. The van der Waals surface area contributed by atoms with Crippen molar-refractivity contribution in [1.29, 1.82) is 5.41 Å². The number of hydrogen-bond acceptors (Lipinski definition) is 6. The number of aryl methyl sites for hydroxylation is 1. The van der Waals surface area contributed by atoms with Crippen LogP contribution in [0.4, 0.5) is 11.5 Å². The van der Waals surface area contributed by atoms with Crippen LogP contribution >= 0.6 is 0 Å². The minimum Gasteiger partial charge on any atom is -0.457 e. The highest BCUT2D eigenvalue weighted by molar-refractivity contribution is 5.91. The molecule has 0 spiro atoms. The van der Waals surface area contributed by atoms with E-state index in [0.29, 0.717) is 23.6 Å². The molecule has 0 unspecified atom stereocenters. The summed E-state index contributed by atoms with van der Waals surface area (Å²) in [5, 5.41) is 16.9. The number of anilines is 2. The summed E-state index contributed by atoms with van der Waals surface area (Å²) < 4.78 is 7.97. The van der Waals surface area contributed by atoms with Gasteiger partial charge >= 0.3 is 0 Å². The number of aromatic nitrogens is 3. The monoisotopic (exact) mass is 471 g/mol. The molecule has 0 bridgehead atoms. The normalized spacial score (nSPS) is 21.2. The average molecular weight is 472 g/mol. The molecule has 2 aromatic heterocycles. The van der Waals surface area contributed by atoms with Crippen LogP contribution in [0.25, 0.3) is 5.52 Å². The maximum Gasteiger partial charge on any atom is 0.234 e. The van der Waals surface area contributed by atoms with E-state index in [9.17, 15) is 0 Å². The Labute approximate surface area is 204 Å². The molecule has 1 aliphatic carbocycles. The van der Waals surface area contributed by atoms with E-state index >= 15 is 0 Å². The Balaban J connectivity index is 1.34. The molecule has 9 heteroatoms. The van der Waals surface area contributed by atoms with Gasteiger partial charge in [-0.2, -0.15) is 10.1 Å². The Morgan fingerprint density at radius 2 is 2.14 bits per heavy atom. The van der Waals surface area contributed by atoms with Crippen LogP contribution in [0, 0.1) is 18.3 Å². The third kappa shape index (κ3) is 5.31. The summed E-state index contributed by atoms with van der Waals surface area (Å²) in [6.07, 6.45) is 15.7. The molecule has 6 N–H and O–H groups in total. The number of ether oxygens (including phenoxy) is 1. The molecule has 0 atom stereocenters. The van der Waals surface area contributed by atoms with Gasteiger partial charge in [0.2, 0.25) is 5.84 Å². The highest BCUT2D eigenvalue weighted by Gasteiger charge is 2.21. The van der Waals surface area contributed by atoms with Crippen molar-refractivity contribution in [2.75, 3.05) is 5.32 Å². The van der Waals surface area contributed by atoms with Crippen molar-refractivity contribution in [3.8, 4) is 5.75 Å². The number of nitrogens with two attached hydrogens (primary N) is 2. The summed E-state index contributed by atoms with van der Waals surface area (Å²) in [6.45, 7) is 2.01. The minimum atomic E-state index is 0.355. The van der Waals surface area contributed by atoms with E-state index in [1.807, 2.05) is 59.5 Å². The molecule has 3 aromatic rings. The molecule has 9 nitrogen and oxygen atoms in total. The summed E-state index contributed by atoms with van der Waals surface area (Å²) >= 11 is 0. The molecule has 1 aromatic carbocycles. The number of hydrogen-bond donors (Lipinski definition) is 4. The lowest BCUT2D eigenvalue weighted by atomic mass is 9.83. The summed E-state index contributed by atoms with van der Waals surface area (Å²) in [5.74, 6) is 3.56. The second kappa shape index (κ2) is 10.2. The van der Waals surface area contributed by atoms with Crippen molar-refractivity contribution in [3.05, 3.63) is 72.0 Å². The molecular formula is C26H31N8O+. The number of quaternary nitrogens is 1. The lowest BCUT2D eigenvalue weighted by molar-refractivity contribution is -0.461. The molecule has 1 fully saturated rings. The van der Waals surface area contributed by atoms with Gasteiger partial charge in [-0.1, -0.05) is 0 Å². The van der Waals surface area contributed by atoms with Gasteiger partial charge in [-0.05, 0) is 80.3 Å². The smallest absolute Gasteiger partial charge is 0.234 e. The van der Waals surface area contributed by atoms with Crippen LogP contribution in [0.1, 0.15) is 36.8 Å². The van der Waals surface area contributed by atoms with Gasteiger partial charge in [-0.3, -0.25) is 10.7 Å². The van der Waals surface area contributed by atoms with E-state index < -0.39 is 0 Å². The van der Waals surface area contributed by atoms with Crippen molar-refractivity contribution in [2.24, 2.45) is 16.6 Å². The number of nitrogens with one attached hydrogen (secondary N) is 2. The fraction of sp³-hybridized carbons (Fsp3) is 0.308. The Hall–Kier alpha value is -3.82. The van der Waals surface area contributed by atoms with E-state index in [2.05, 4.69) is 26.5 Å². The van der Waals surface area contributed by atoms with Crippen LogP contribution in [0.2, 0.25) is 0 Å². The van der Waals surface area contributed by atoms with E-state index in [4.69, 9.17) is 15.9 Å². The first-order valence-corrected chi connectivity index (χ1v) is 12.0. The van der Waals surface area contributed by atoms with Crippen LogP contribution in [-0.2, 0) is 6.42 Å². The van der Waals surface area contributed by atoms with E-state index in [0.717, 1.165) is 53.9 Å². The fourth-order valence-electron chi connectivity index (χ4n) is 4.79. The van der Waals surface area contributed by atoms with Gasteiger partial charge in [0.15, 0.2) is 5.82 Å². The second-order valence-electron chi connectivity index (χ2n) is 9.19. The van der Waals surface area contributed by atoms with Crippen LogP contribution in [0.15, 0.2) is 65.9 Å². The molecule has 35 heavy (non-hydrogen) atoms. The summed E-state index contributed by atoms with van der Waals surface area (Å²) in [4.78, 5) is 8.56. The zero-order chi connectivity index (χ0) is 24.2. The Morgan fingerprint density at radius 1 is 1.29 bits per heavy atom. The second-order valence-corrected chi connectivity index (χ2v) is 9.19. The molecule has 5 rings (SSSR count). The van der Waals surface area contributed by atoms with Crippen LogP contribution < -0.4 is 21.1 Å². The van der Waals surface area contributed by atoms with Crippen molar-refractivity contribution in [2.45, 2.75) is 45.1 Å². The molecule has 2 aliphatic rings. The van der Waals surface area contributed by atoms with E-state index in [-0.39, 0.29) is 0 Å². The van der Waals surface area contributed by atoms with E-state index in [1.54, 1.807) is 6.33 Å². The fourth-order valence-corrected chi connectivity index (χ4v) is 4.79. The maximum absolute atomic E-state index is 7.15. The van der Waals surface area contributed by atoms with Crippen molar-refractivity contribution in [3.63, 3.8) is 0 Å². The van der Waals surface area contributed by atoms with Crippen LogP contribution in [0.3, 0.4) is 0 Å². The van der Waals surface area contributed by atoms with Crippen molar-refractivity contribution < 1.29 is 10.1 Å². The van der Waals surface area contributed by atoms with E-state index in [1.165, 1.54) is 18.4 Å². The number of benzene rings is 1. The quantitative estimate of drug-likeness (QED) is 0.311. The molecule has 0 radical (unpaired) electrons. The first-order chi connectivity index (χ1) is 17.1. The minimum absolute atomic E-state index is 0.355. The van der Waals surface area contributed by atoms with Crippen LogP contribution in [0.5, 0.6) is 5.75 Å². The number of fused-ring (bicyclic) bond motifs is 1. The van der Waals surface area contributed by atoms with Gasteiger partial charge in [-0.15, -0.1) is 0 Å². The number of nitrogens with zero attached hydrogens (tertiary/aromatic N) is 4. The predicted molar refractivity (Wildman–Crippen MR) is 137 cm³/mol. The third-order valence-electron chi connectivity index (χ3n) is 6.63. The number of rotatable bonds is 7. The molecular weight excluding hydrogens is 440 g/mol. The van der Waals surface area contributed by atoms with Gasteiger partial charge < -0.3 is 15.8 Å². The van der Waals surface area contributed by atoms with Gasteiger partial charge in [0.1, 0.15) is 35.9 Å². The van der Waals surface area contributed by atoms with Gasteiger partial charge in [0, 0.05) is 24.0 Å². The van der Waals surface area contributed by atoms with Gasteiger partial charge in [-0.25, -0.2) is 9.50 Å². The lowest BCUT2D eigenvalue weighted by Gasteiger charge is -2.25. The number of amidine groups is 1. The molecule has 1 saturated carbocycles. The largest absolute Gasteiger partial charge is 0.457 e. The highest BCUT2D eigenvalue weighted by atomic mass is 16.5. The molecule has 0 amide bonds. The summed E-state index contributed by atoms with van der Waals surface area (Å²) in [6, 6.07) is 8.49. The zero-order valence-corrected chi connectivity index (χ0v) is 19.8. The van der Waals surface area contributed by atoms with Gasteiger partial charge in [0.25, 0.3) is 0 Å². The topological polar surface area (TPSA) is 130 Å². The Bertz CT molecular complexity index is 1310. The standard InChI is InChI=1S/C26H30N8O/c1-17-12-21(6-7-23(17)35-22-8-10-29-24(14-22)30-15-27)33-26-25-19(9-11-34(25)32-16-31-26)13-18-2-4-20(28)5-3-18/h6-12,14-16,18,20H,2-5,13,28H2,1H3,(H2,27,29,30)(H,31,32,33)/p+1. The molecule has 0 saturated heterocycles. The first-order valence-electron chi connectivity index (χ1n) is 12.0. The number of allylic oxidation sites excluding steroid dienone is 1. The van der Waals surface area contributed by atoms with Crippen molar-refractivity contribution >= 4 is 29.2 Å².